The Balaban J connectivity index is 1.98. The Morgan fingerprint density at radius 3 is 2.50 bits per heavy atom. The summed E-state index contributed by atoms with van der Waals surface area (Å²) in [7, 11) is 1.63. The third kappa shape index (κ3) is 2.35. The molecule has 1 aliphatic heterocycles. The predicted molar refractivity (Wildman–Crippen MR) is 60.5 cm³/mol. The van der Waals surface area contributed by atoms with Gasteiger partial charge in [-0.05, 0) is 24.1 Å². The molecule has 2 rings (SSSR count). The van der Waals surface area contributed by atoms with Crippen LogP contribution in [0.3, 0.4) is 0 Å². The van der Waals surface area contributed by atoms with E-state index in [0.29, 0.717) is 13.0 Å². The minimum atomic E-state index is -0.679. The van der Waals surface area contributed by atoms with Gasteiger partial charge in [-0.2, -0.15) is 0 Å². The van der Waals surface area contributed by atoms with Crippen molar-refractivity contribution in [3.05, 3.63) is 29.8 Å². The summed E-state index contributed by atoms with van der Waals surface area (Å²) in [6.45, 7) is 0.460. The van der Waals surface area contributed by atoms with Gasteiger partial charge in [0.05, 0.1) is 19.3 Å². The predicted octanol–water partition coefficient (Wildman–Crippen LogP) is -0.0687. The van der Waals surface area contributed by atoms with Crippen LogP contribution in [0.1, 0.15) is 5.56 Å². The summed E-state index contributed by atoms with van der Waals surface area (Å²) in [5.74, 6) is 0.823. The minimum absolute atomic E-state index is 0.0663. The van der Waals surface area contributed by atoms with E-state index in [1.807, 2.05) is 24.3 Å². The zero-order valence-corrected chi connectivity index (χ0v) is 9.26. The van der Waals surface area contributed by atoms with E-state index >= 15 is 0 Å². The number of ether oxygens (including phenoxy) is 1. The molecule has 3 atom stereocenters. The zero-order chi connectivity index (χ0) is 11.5. The van der Waals surface area contributed by atoms with Crippen molar-refractivity contribution >= 4 is 0 Å². The van der Waals surface area contributed by atoms with Gasteiger partial charge in [-0.1, -0.05) is 12.1 Å². The van der Waals surface area contributed by atoms with Crippen LogP contribution in [0.2, 0.25) is 0 Å². The van der Waals surface area contributed by atoms with Crippen molar-refractivity contribution in [2.45, 2.75) is 24.7 Å². The van der Waals surface area contributed by atoms with E-state index in [9.17, 15) is 10.2 Å². The first-order valence-corrected chi connectivity index (χ1v) is 5.43. The summed E-state index contributed by atoms with van der Waals surface area (Å²) >= 11 is 0. The second-order valence-electron chi connectivity index (χ2n) is 4.12. The maximum absolute atomic E-state index is 9.68. The molecule has 4 nitrogen and oxygen atoms in total. The Labute approximate surface area is 94.9 Å². The van der Waals surface area contributed by atoms with Gasteiger partial charge < -0.3 is 20.3 Å². The van der Waals surface area contributed by atoms with Gasteiger partial charge in [-0.3, -0.25) is 0 Å². The number of benzene rings is 1. The van der Waals surface area contributed by atoms with Crippen LogP contribution < -0.4 is 10.1 Å². The van der Waals surface area contributed by atoms with Crippen LogP contribution in [0.25, 0.3) is 0 Å². The van der Waals surface area contributed by atoms with Crippen molar-refractivity contribution in [2.75, 3.05) is 13.7 Å². The van der Waals surface area contributed by atoms with Gasteiger partial charge in [0.15, 0.2) is 0 Å². The number of rotatable bonds is 3. The van der Waals surface area contributed by atoms with E-state index in [4.69, 9.17) is 4.74 Å². The molecule has 0 saturated carbocycles. The van der Waals surface area contributed by atoms with Crippen molar-refractivity contribution in [1.82, 2.24) is 5.32 Å². The minimum Gasteiger partial charge on any atom is -0.497 e. The van der Waals surface area contributed by atoms with E-state index in [0.717, 1.165) is 11.3 Å². The molecule has 16 heavy (non-hydrogen) atoms. The van der Waals surface area contributed by atoms with Crippen LogP contribution in [0.5, 0.6) is 5.75 Å². The molecule has 0 amide bonds. The van der Waals surface area contributed by atoms with Gasteiger partial charge in [-0.25, -0.2) is 0 Å². The summed E-state index contributed by atoms with van der Waals surface area (Å²) in [5, 5.41) is 22.2. The van der Waals surface area contributed by atoms with E-state index in [1.165, 1.54) is 0 Å². The second-order valence-corrected chi connectivity index (χ2v) is 4.12. The molecule has 0 aliphatic carbocycles. The van der Waals surface area contributed by atoms with Crippen molar-refractivity contribution < 1.29 is 14.9 Å². The normalized spacial score (nSPS) is 29.3. The highest BCUT2D eigenvalue weighted by molar-refractivity contribution is 5.28. The average molecular weight is 223 g/mol. The maximum Gasteiger partial charge on any atom is 0.118 e. The molecule has 0 radical (unpaired) electrons. The number of hydrogen-bond donors (Lipinski definition) is 3. The molecular formula is C12H17NO3. The number of β-amino-alcohol motifs (C(OH)–C–C–N with tert-alkyl or cyclic N) is 1. The third-order valence-corrected chi connectivity index (χ3v) is 3.01. The molecule has 0 unspecified atom stereocenters. The molecule has 1 aromatic carbocycles. The molecule has 4 heteroatoms. The molecule has 0 bridgehead atoms. The first-order valence-electron chi connectivity index (χ1n) is 5.43. The van der Waals surface area contributed by atoms with Crippen LogP contribution in [-0.4, -0.2) is 42.1 Å². The van der Waals surface area contributed by atoms with E-state index in [-0.39, 0.29) is 6.04 Å². The lowest BCUT2D eigenvalue weighted by molar-refractivity contribution is 0.0408. The van der Waals surface area contributed by atoms with E-state index in [2.05, 4.69) is 5.32 Å². The molecule has 0 aromatic heterocycles. The molecule has 1 aliphatic rings. The molecule has 3 N–H and O–H groups in total. The van der Waals surface area contributed by atoms with Crippen molar-refractivity contribution in [1.29, 1.82) is 0 Å². The molecule has 1 saturated heterocycles. The molecule has 1 aromatic rings. The van der Waals surface area contributed by atoms with Crippen LogP contribution in [0.15, 0.2) is 24.3 Å². The Morgan fingerprint density at radius 1 is 1.31 bits per heavy atom. The summed E-state index contributed by atoms with van der Waals surface area (Å²) in [5.41, 5.74) is 1.12. The van der Waals surface area contributed by atoms with Crippen LogP contribution in [-0.2, 0) is 6.42 Å². The first kappa shape index (κ1) is 11.4. The summed E-state index contributed by atoms with van der Waals surface area (Å²) in [4.78, 5) is 0. The molecule has 1 fully saturated rings. The fourth-order valence-corrected chi connectivity index (χ4v) is 1.99. The standard InChI is InChI=1S/C12H17NO3/c1-16-9-4-2-8(3-5-9)6-10-12(15)11(14)7-13-10/h2-5,10-15H,6-7H2,1H3/t10-,11-,12-/m0/s1. The lowest BCUT2D eigenvalue weighted by Gasteiger charge is -2.16. The Kier molecular flexibility index (Phi) is 3.43. The number of aliphatic hydroxyl groups is 2. The summed E-state index contributed by atoms with van der Waals surface area (Å²) < 4.78 is 5.07. The monoisotopic (exact) mass is 223 g/mol. The highest BCUT2D eigenvalue weighted by atomic mass is 16.5. The first-order chi connectivity index (χ1) is 7.70. The smallest absolute Gasteiger partial charge is 0.118 e. The van der Waals surface area contributed by atoms with E-state index < -0.39 is 12.2 Å². The second kappa shape index (κ2) is 4.82. The summed E-state index contributed by atoms with van der Waals surface area (Å²) in [6.07, 6.45) is -0.618. The molecule has 88 valence electrons. The largest absolute Gasteiger partial charge is 0.497 e. The average Bonchev–Trinajstić information content (AvgIpc) is 2.62. The van der Waals surface area contributed by atoms with Crippen LogP contribution in [0.4, 0.5) is 0 Å². The molecule has 0 spiro atoms. The van der Waals surface area contributed by atoms with Gasteiger partial charge in [0.25, 0.3) is 0 Å². The van der Waals surface area contributed by atoms with Crippen LogP contribution in [0, 0.1) is 0 Å². The lowest BCUT2D eigenvalue weighted by Crippen LogP contribution is -2.34. The van der Waals surface area contributed by atoms with Gasteiger partial charge in [-0.15, -0.1) is 0 Å². The van der Waals surface area contributed by atoms with Crippen molar-refractivity contribution in [2.24, 2.45) is 0 Å². The maximum atomic E-state index is 9.68. The third-order valence-electron chi connectivity index (χ3n) is 3.01. The van der Waals surface area contributed by atoms with Gasteiger partial charge in [0.1, 0.15) is 5.75 Å². The molecular weight excluding hydrogens is 206 g/mol. The summed E-state index contributed by atoms with van der Waals surface area (Å²) in [6, 6.07) is 7.67. The number of hydrogen-bond acceptors (Lipinski definition) is 4. The molecule has 1 heterocycles. The number of methoxy groups -OCH3 is 1. The van der Waals surface area contributed by atoms with Gasteiger partial charge in [0, 0.05) is 12.6 Å². The highest BCUT2D eigenvalue weighted by Gasteiger charge is 2.32. The zero-order valence-electron chi connectivity index (χ0n) is 9.26. The highest BCUT2D eigenvalue weighted by Crippen LogP contribution is 2.16. The topological polar surface area (TPSA) is 61.7 Å². The van der Waals surface area contributed by atoms with Gasteiger partial charge in [0.2, 0.25) is 0 Å². The Bertz CT molecular complexity index is 339. The Hall–Kier alpha value is -1.10. The van der Waals surface area contributed by atoms with E-state index in [1.54, 1.807) is 7.11 Å². The van der Waals surface area contributed by atoms with Gasteiger partial charge >= 0.3 is 0 Å². The fourth-order valence-electron chi connectivity index (χ4n) is 1.99. The SMILES string of the molecule is COc1ccc(C[C@@H]2NC[C@H](O)[C@H]2O)cc1. The van der Waals surface area contributed by atoms with Crippen molar-refractivity contribution in [3.63, 3.8) is 0 Å². The number of aliphatic hydroxyl groups excluding tert-OH is 2. The Morgan fingerprint density at radius 2 is 2.00 bits per heavy atom. The lowest BCUT2D eigenvalue weighted by atomic mass is 10.0. The number of nitrogens with one attached hydrogen (secondary N) is 1. The van der Waals surface area contributed by atoms with Crippen LogP contribution >= 0.6 is 0 Å². The van der Waals surface area contributed by atoms with Crippen molar-refractivity contribution in [3.8, 4) is 5.75 Å². The quantitative estimate of drug-likeness (QED) is 0.671. The fraction of sp³-hybridized carbons (Fsp3) is 0.500.